The maximum absolute atomic E-state index is 12.7. The number of carbonyl (C=O) groups is 2. The minimum Gasteiger partial charge on any atom is -0.465 e. The van der Waals surface area contributed by atoms with Crippen LogP contribution in [0.2, 0.25) is 0 Å². The number of nitrogens with one attached hydrogen (secondary N) is 2. The zero-order chi connectivity index (χ0) is 19.7. The first-order chi connectivity index (χ1) is 12.7. The first-order valence-electron chi connectivity index (χ1n) is 9.42. The summed E-state index contributed by atoms with van der Waals surface area (Å²) in [5.41, 5.74) is 0.516. The van der Waals surface area contributed by atoms with Gasteiger partial charge in [-0.25, -0.2) is 4.79 Å². The summed E-state index contributed by atoms with van der Waals surface area (Å²) in [6.07, 6.45) is 1.49. The van der Waals surface area contributed by atoms with Crippen LogP contribution in [-0.2, 0) is 0 Å². The van der Waals surface area contributed by atoms with E-state index in [9.17, 15) is 9.59 Å². The van der Waals surface area contributed by atoms with Gasteiger partial charge in [-0.2, -0.15) is 0 Å². The highest BCUT2D eigenvalue weighted by Gasteiger charge is 2.41. The number of benzene rings is 2. The molecule has 0 aliphatic heterocycles. The lowest BCUT2D eigenvalue weighted by Gasteiger charge is -2.46. The van der Waals surface area contributed by atoms with E-state index >= 15 is 0 Å². The molecule has 5 nitrogen and oxygen atoms in total. The largest absolute Gasteiger partial charge is 0.465 e. The van der Waals surface area contributed by atoms with Crippen LogP contribution in [0.25, 0.3) is 10.8 Å². The Labute approximate surface area is 160 Å². The van der Waals surface area contributed by atoms with Crippen LogP contribution in [0, 0.1) is 10.8 Å². The molecular weight excluding hydrogens is 340 g/mol. The summed E-state index contributed by atoms with van der Waals surface area (Å²) in [6, 6.07) is 13.6. The van der Waals surface area contributed by atoms with Crippen molar-refractivity contribution in [1.29, 1.82) is 0 Å². The fourth-order valence-electron chi connectivity index (χ4n) is 4.77. The molecule has 3 rings (SSSR count). The van der Waals surface area contributed by atoms with Crippen LogP contribution in [0.4, 0.5) is 4.79 Å². The predicted octanol–water partition coefficient (Wildman–Crippen LogP) is 4.42. The van der Waals surface area contributed by atoms with E-state index in [4.69, 9.17) is 5.11 Å². The van der Waals surface area contributed by atoms with Gasteiger partial charge >= 0.3 is 6.09 Å². The second kappa shape index (κ2) is 7.22. The molecule has 2 unspecified atom stereocenters. The van der Waals surface area contributed by atoms with E-state index in [1.807, 2.05) is 42.5 Å². The maximum Gasteiger partial charge on any atom is 0.404 e. The monoisotopic (exact) mass is 368 g/mol. The van der Waals surface area contributed by atoms with Crippen LogP contribution in [0.5, 0.6) is 0 Å². The highest BCUT2D eigenvalue weighted by atomic mass is 16.4. The summed E-state index contributed by atoms with van der Waals surface area (Å²) < 4.78 is 0. The van der Waals surface area contributed by atoms with Gasteiger partial charge in [-0.15, -0.1) is 0 Å². The molecule has 144 valence electrons. The number of hydrogen-bond acceptors (Lipinski definition) is 2. The van der Waals surface area contributed by atoms with Gasteiger partial charge < -0.3 is 15.7 Å². The van der Waals surface area contributed by atoms with E-state index in [-0.39, 0.29) is 22.8 Å². The Hall–Kier alpha value is -2.56. The number of rotatable bonds is 4. The Balaban J connectivity index is 1.69. The van der Waals surface area contributed by atoms with Gasteiger partial charge in [-0.1, -0.05) is 51.1 Å². The van der Waals surface area contributed by atoms with E-state index in [1.54, 1.807) is 0 Å². The molecule has 2 atom stereocenters. The van der Waals surface area contributed by atoms with Crippen LogP contribution >= 0.6 is 0 Å². The third-order valence-corrected chi connectivity index (χ3v) is 5.46. The van der Waals surface area contributed by atoms with Gasteiger partial charge in [0.1, 0.15) is 0 Å². The van der Waals surface area contributed by atoms with Gasteiger partial charge in [0.25, 0.3) is 5.91 Å². The van der Waals surface area contributed by atoms with Crippen molar-refractivity contribution < 1.29 is 14.7 Å². The SMILES string of the molecule is CC1(C)CC(NC(=O)O)CC(C)(CNC(=O)c2ccc3ccccc3c2)C1. The average Bonchev–Trinajstić information content (AvgIpc) is 2.57. The Morgan fingerprint density at radius 2 is 1.78 bits per heavy atom. The van der Waals surface area contributed by atoms with Crippen molar-refractivity contribution in [3.05, 3.63) is 48.0 Å². The molecular formula is C22H28N2O3. The Morgan fingerprint density at radius 1 is 1.07 bits per heavy atom. The molecule has 3 N–H and O–H groups in total. The minimum atomic E-state index is -0.986. The van der Waals surface area contributed by atoms with Gasteiger partial charge in [0, 0.05) is 18.2 Å². The normalized spacial score (nSPS) is 24.3. The van der Waals surface area contributed by atoms with Crippen LogP contribution in [-0.4, -0.2) is 29.7 Å². The molecule has 1 aliphatic carbocycles. The molecule has 0 spiro atoms. The molecule has 27 heavy (non-hydrogen) atoms. The molecule has 2 amide bonds. The van der Waals surface area contributed by atoms with E-state index < -0.39 is 6.09 Å². The summed E-state index contributed by atoms with van der Waals surface area (Å²) in [5, 5.41) is 16.9. The van der Waals surface area contributed by atoms with Crippen molar-refractivity contribution in [2.24, 2.45) is 10.8 Å². The predicted molar refractivity (Wildman–Crippen MR) is 107 cm³/mol. The van der Waals surface area contributed by atoms with Gasteiger partial charge in [0.15, 0.2) is 0 Å². The van der Waals surface area contributed by atoms with Crippen LogP contribution in [0.15, 0.2) is 42.5 Å². The summed E-state index contributed by atoms with van der Waals surface area (Å²) in [7, 11) is 0. The molecule has 2 aromatic carbocycles. The first-order valence-corrected chi connectivity index (χ1v) is 9.42. The van der Waals surface area contributed by atoms with Crippen molar-refractivity contribution in [3.8, 4) is 0 Å². The Bertz CT molecular complexity index is 862. The van der Waals surface area contributed by atoms with Gasteiger partial charge in [0.05, 0.1) is 0 Å². The second-order valence-electron chi connectivity index (χ2n) is 8.95. The van der Waals surface area contributed by atoms with Crippen LogP contribution in [0.1, 0.15) is 50.4 Å². The van der Waals surface area contributed by atoms with E-state index in [2.05, 4.69) is 31.4 Å². The molecule has 0 radical (unpaired) electrons. The number of carbonyl (C=O) groups excluding carboxylic acids is 1. The third kappa shape index (κ3) is 4.79. The number of hydrogen-bond donors (Lipinski definition) is 3. The molecule has 2 aromatic rings. The molecule has 1 aliphatic rings. The minimum absolute atomic E-state index is 0.0216. The van der Waals surface area contributed by atoms with Crippen molar-refractivity contribution >= 4 is 22.8 Å². The van der Waals surface area contributed by atoms with E-state index in [0.29, 0.717) is 12.1 Å². The topological polar surface area (TPSA) is 78.4 Å². The molecule has 1 saturated carbocycles. The lowest BCUT2D eigenvalue weighted by molar-refractivity contribution is 0.0642. The molecule has 5 heteroatoms. The Kier molecular flexibility index (Phi) is 5.13. The lowest BCUT2D eigenvalue weighted by Crippen LogP contribution is -2.50. The lowest BCUT2D eigenvalue weighted by atomic mass is 9.62. The molecule has 0 aromatic heterocycles. The highest BCUT2D eigenvalue weighted by molar-refractivity contribution is 5.98. The third-order valence-electron chi connectivity index (χ3n) is 5.46. The summed E-state index contributed by atoms with van der Waals surface area (Å²) in [6.45, 7) is 6.98. The first kappa shape index (κ1) is 19.2. The van der Waals surface area contributed by atoms with E-state index in [0.717, 1.165) is 30.0 Å². The van der Waals surface area contributed by atoms with E-state index in [1.165, 1.54) is 0 Å². The van der Waals surface area contributed by atoms with Crippen LogP contribution in [0.3, 0.4) is 0 Å². The van der Waals surface area contributed by atoms with Crippen molar-refractivity contribution in [2.75, 3.05) is 6.54 Å². The fraction of sp³-hybridized carbons (Fsp3) is 0.455. The fourth-order valence-corrected chi connectivity index (χ4v) is 4.77. The second-order valence-corrected chi connectivity index (χ2v) is 8.95. The standard InChI is InChI=1S/C22H28N2O3/c1-21(2)11-18(24-20(26)27)12-22(3,13-21)14-23-19(25)17-9-8-15-6-4-5-7-16(15)10-17/h4-10,18,24H,11-14H2,1-3H3,(H,23,25)(H,26,27). The van der Waals surface area contributed by atoms with Crippen molar-refractivity contribution in [3.63, 3.8) is 0 Å². The molecule has 0 heterocycles. The highest BCUT2D eigenvalue weighted by Crippen LogP contribution is 2.45. The summed E-state index contributed by atoms with van der Waals surface area (Å²) in [5.74, 6) is -0.0897. The molecule has 0 bridgehead atoms. The van der Waals surface area contributed by atoms with Crippen molar-refractivity contribution in [2.45, 2.75) is 46.1 Å². The average molecular weight is 368 g/mol. The van der Waals surface area contributed by atoms with Gasteiger partial charge in [-0.3, -0.25) is 4.79 Å². The van der Waals surface area contributed by atoms with Crippen molar-refractivity contribution in [1.82, 2.24) is 10.6 Å². The van der Waals surface area contributed by atoms with Gasteiger partial charge in [-0.05, 0) is 53.0 Å². The quantitative estimate of drug-likeness (QED) is 0.747. The van der Waals surface area contributed by atoms with Crippen LogP contribution < -0.4 is 10.6 Å². The zero-order valence-corrected chi connectivity index (χ0v) is 16.2. The Morgan fingerprint density at radius 3 is 2.48 bits per heavy atom. The molecule has 1 fully saturated rings. The summed E-state index contributed by atoms with van der Waals surface area (Å²) in [4.78, 5) is 23.7. The maximum atomic E-state index is 12.7. The smallest absolute Gasteiger partial charge is 0.404 e. The summed E-state index contributed by atoms with van der Waals surface area (Å²) >= 11 is 0. The number of amides is 2. The zero-order valence-electron chi connectivity index (χ0n) is 16.2. The number of carboxylic acid groups (broad SMARTS) is 1. The number of fused-ring (bicyclic) bond motifs is 1. The van der Waals surface area contributed by atoms with Gasteiger partial charge in [0.2, 0.25) is 0 Å². The molecule has 0 saturated heterocycles.